The number of carbonyl (C=O) groups is 1. The summed E-state index contributed by atoms with van der Waals surface area (Å²) in [5.41, 5.74) is 4.59. The molecule has 6 nitrogen and oxygen atoms in total. The monoisotopic (exact) mass is 368 g/mol. The van der Waals surface area contributed by atoms with Crippen LogP contribution >= 0.6 is 0 Å². The number of nitrogens with one attached hydrogen (secondary N) is 1. The maximum absolute atomic E-state index is 12.7. The molecule has 0 aliphatic heterocycles. The predicted octanol–water partition coefficient (Wildman–Crippen LogP) is 1.87. The molecule has 144 valence electrons. The number of rotatable bonds is 6. The van der Waals surface area contributed by atoms with E-state index in [1.165, 1.54) is 0 Å². The highest BCUT2D eigenvalue weighted by atomic mass is 16.2. The van der Waals surface area contributed by atoms with Gasteiger partial charge in [0.05, 0.1) is 5.69 Å². The molecular formula is C21H28N4O2. The van der Waals surface area contributed by atoms with E-state index in [0.717, 1.165) is 54.6 Å². The van der Waals surface area contributed by atoms with Crippen LogP contribution in [0.2, 0.25) is 0 Å². The molecular weight excluding hydrogens is 340 g/mol. The minimum absolute atomic E-state index is 0.0233. The van der Waals surface area contributed by atoms with Crippen LogP contribution in [0.25, 0.3) is 0 Å². The summed E-state index contributed by atoms with van der Waals surface area (Å²) in [7, 11) is 5.83. The second-order valence-electron chi connectivity index (χ2n) is 7.57. The van der Waals surface area contributed by atoms with Gasteiger partial charge in [0, 0.05) is 37.7 Å². The van der Waals surface area contributed by atoms with Crippen LogP contribution < -0.4 is 5.56 Å². The topological polar surface area (TPSA) is 69.3 Å². The van der Waals surface area contributed by atoms with E-state index in [9.17, 15) is 9.59 Å². The normalized spacial score (nSPS) is 13.5. The number of aromatic amines is 1. The van der Waals surface area contributed by atoms with E-state index < -0.39 is 0 Å². The van der Waals surface area contributed by atoms with Crippen LogP contribution in [-0.2, 0) is 19.3 Å². The van der Waals surface area contributed by atoms with Crippen molar-refractivity contribution in [2.24, 2.45) is 0 Å². The Balaban J connectivity index is 1.79. The number of H-pyrrole nitrogens is 1. The average Bonchev–Trinajstić information content (AvgIpc) is 2.68. The first-order valence-electron chi connectivity index (χ1n) is 9.54. The summed E-state index contributed by atoms with van der Waals surface area (Å²) in [4.78, 5) is 28.5. The molecule has 0 saturated heterocycles. The maximum atomic E-state index is 12.7. The van der Waals surface area contributed by atoms with Gasteiger partial charge in [-0.1, -0.05) is 12.1 Å². The highest BCUT2D eigenvalue weighted by Gasteiger charge is 2.18. The highest BCUT2D eigenvalue weighted by Crippen LogP contribution is 2.22. The van der Waals surface area contributed by atoms with Gasteiger partial charge < -0.3 is 9.80 Å². The molecule has 1 aliphatic rings. The second-order valence-corrected chi connectivity index (χ2v) is 7.57. The Kier molecular flexibility index (Phi) is 6.06. The Hall–Kier alpha value is -2.47. The van der Waals surface area contributed by atoms with Crippen LogP contribution in [-0.4, -0.2) is 60.1 Å². The Bertz CT molecular complexity index is 873. The molecule has 1 aromatic heterocycles. The molecule has 0 bridgehead atoms. The molecule has 1 aliphatic carbocycles. The van der Waals surface area contributed by atoms with Gasteiger partial charge in [0.1, 0.15) is 0 Å². The largest absolute Gasteiger partial charge is 0.340 e. The van der Waals surface area contributed by atoms with Crippen LogP contribution in [0.15, 0.2) is 29.1 Å². The van der Waals surface area contributed by atoms with Crippen molar-refractivity contribution in [3.63, 3.8) is 0 Å². The van der Waals surface area contributed by atoms with Crippen molar-refractivity contribution in [3.8, 4) is 0 Å². The van der Waals surface area contributed by atoms with Crippen LogP contribution in [0.1, 0.15) is 45.6 Å². The maximum Gasteiger partial charge on any atom is 0.267 e. The minimum Gasteiger partial charge on any atom is -0.340 e. The Morgan fingerprint density at radius 2 is 1.85 bits per heavy atom. The van der Waals surface area contributed by atoms with Crippen molar-refractivity contribution >= 4 is 5.91 Å². The van der Waals surface area contributed by atoms with E-state index in [-0.39, 0.29) is 11.5 Å². The van der Waals surface area contributed by atoms with E-state index in [1.807, 2.05) is 45.4 Å². The molecule has 1 aromatic carbocycles. The van der Waals surface area contributed by atoms with Gasteiger partial charge in [-0.05, 0) is 63.0 Å². The average molecular weight is 368 g/mol. The molecule has 0 fully saturated rings. The molecule has 0 atom stereocenters. The standard InChI is InChI=1S/C21H28N4O2/c1-24(2)11-12-25(3)21(27)16-8-6-7-15(13-16)14-19-17-9-4-5-10-18(17)20(26)23-22-19/h6-8,13H,4-5,9-12,14H2,1-3H3,(H,23,26). The third kappa shape index (κ3) is 4.63. The van der Waals surface area contributed by atoms with Gasteiger partial charge in [-0.15, -0.1) is 0 Å². The molecule has 27 heavy (non-hydrogen) atoms. The molecule has 2 aromatic rings. The van der Waals surface area contributed by atoms with E-state index >= 15 is 0 Å². The van der Waals surface area contributed by atoms with Crippen molar-refractivity contribution in [3.05, 3.63) is 62.6 Å². The first kappa shape index (κ1) is 19.3. The fourth-order valence-corrected chi connectivity index (χ4v) is 3.55. The van der Waals surface area contributed by atoms with E-state index in [1.54, 1.807) is 4.90 Å². The number of nitrogens with zero attached hydrogens (tertiary/aromatic N) is 3. The van der Waals surface area contributed by atoms with Crippen LogP contribution in [0, 0.1) is 0 Å². The molecule has 1 amide bonds. The summed E-state index contributed by atoms with van der Waals surface area (Å²) in [6, 6.07) is 7.73. The highest BCUT2D eigenvalue weighted by molar-refractivity contribution is 5.94. The van der Waals surface area contributed by atoms with E-state index in [2.05, 4.69) is 15.1 Å². The number of amides is 1. The summed E-state index contributed by atoms with van der Waals surface area (Å²) in [6.45, 7) is 1.51. The lowest BCUT2D eigenvalue weighted by atomic mass is 9.90. The number of likely N-dealkylation sites (N-methyl/N-ethyl adjacent to an activating group) is 2. The Labute approximate surface area is 160 Å². The zero-order valence-electron chi connectivity index (χ0n) is 16.4. The molecule has 1 heterocycles. The summed E-state index contributed by atoms with van der Waals surface area (Å²) in [5.74, 6) is 0.0233. The Morgan fingerprint density at radius 3 is 2.59 bits per heavy atom. The first-order valence-corrected chi connectivity index (χ1v) is 9.54. The third-order valence-electron chi connectivity index (χ3n) is 5.16. The Morgan fingerprint density at radius 1 is 1.11 bits per heavy atom. The van der Waals surface area contributed by atoms with Crippen molar-refractivity contribution in [2.75, 3.05) is 34.2 Å². The lowest BCUT2D eigenvalue weighted by Gasteiger charge is -2.20. The van der Waals surface area contributed by atoms with Gasteiger partial charge in [0.15, 0.2) is 0 Å². The van der Waals surface area contributed by atoms with E-state index in [0.29, 0.717) is 18.5 Å². The van der Waals surface area contributed by atoms with Crippen LogP contribution in [0.4, 0.5) is 0 Å². The van der Waals surface area contributed by atoms with Crippen LogP contribution in [0.5, 0.6) is 0 Å². The van der Waals surface area contributed by atoms with E-state index in [4.69, 9.17) is 0 Å². The number of fused-ring (bicyclic) bond motifs is 1. The van der Waals surface area contributed by atoms with Crippen molar-refractivity contribution in [1.82, 2.24) is 20.0 Å². The van der Waals surface area contributed by atoms with Crippen molar-refractivity contribution in [2.45, 2.75) is 32.1 Å². The minimum atomic E-state index is -0.0557. The summed E-state index contributed by atoms with van der Waals surface area (Å²) >= 11 is 0. The van der Waals surface area contributed by atoms with Gasteiger partial charge in [-0.25, -0.2) is 5.10 Å². The SMILES string of the molecule is CN(C)CCN(C)C(=O)c1cccc(Cc2n[nH]c(=O)c3c2CCCC3)c1. The fraction of sp³-hybridized carbons (Fsp3) is 0.476. The molecule has 0 radical (unpaired) electrons. The summed E-state index contributed by atoms with van der Waals surface area (Å²) < 4.78 is 0. The van der Waals surface area contributed by atoms with Gasteiger partial charge in [0.25, 0.3) is 11.5 Å². The second kappa shape index (κ2) is 8.48. The van der Waals surface area contributed by atoms with Crippen LogP contribution in [0.3, 0.4) is 0 Å². The van der Waals surface area contributed by atoms with Gasteiger partial charge in [0.2, 0.25) is 0 Å². The summed E-state index contributed by atoms with van der Waals surface area (Å²) in [5, 5.41) is 6.95. The zero-order valence-corrected chi connectivity index (χ0v) is 16.4. The predicted molar refractivity (Wildman–Crippen MR) is 106 cm³/mol. The van der Waals surface area contributed by atoms with Crippen molar-refractivity contribution < 1.29 is 4.79 Å². The number of hydrogen-bond donors (Lipinski definition) is 1. The third-order valence-corrected chi connectivity index (χ3v) is 5.16. The van der Waals surface area contributed by atoms with Gasteiger partial charge in [-0.2, -0.15) is 5.10 Å². The molecule has 1 N–H and O–H groups in total. The molecule has 6 heteroatoms. The van der Waals surface area contributed by atoms with Crippen molar-refractivity contribution in [1.29, 1.82) is 0 Å². The fourth-order valence-electron chi connectivity index (χ4n) is 3.55. The zero-order chi connectivity index (χ0) is 19.4. The van der Waals surface area contributed by atoms with Gasteiger partial charge in [-0.3, -0.25) is 9.59 Å². The molecule has 0 saturated carbocycles. The van der Waals surface area contributed by atoms with Gasteiger partial charge >= 0.3 is 0 Å². The molecule has 0 unspecified atom stereocenters. The number of carbonyl (C=O) groups excluding carboxylic acids is 1. The smallest absolute Gasteiger partial charge is 0.267 e. The number of hydrogen-bond acceptors (Lipinski definition) is 4. The number of benzene rings is 1. The summed E-state index contributed by atoms with van der Waals surface area (Å²) in [6.07, 6.45) is 4.52. The lowest BCUT2D eigenvalue weighted by Crippen LogP contribution is -2.33. The molecule has 3 rings (SSSR count). The lowest BCUT2D eigenvalue weighted by molar-refractivity contribution is 0.0786. The first-order chi connectivity index (χ1) is 13.0. The quantitative estimate of drug-likeness (QED) is 0.845. The molecule has 0 spiro atoms. The number of aromatic nitrogens is 2.